The van der Waals surface area contributed by atoms with Crippen LogP contribution in [0, 0.1) is 17.2 Å². The molecule has 0 saturated carbocycles. The van der Waals surface area contributed by atoms with Crippen LogP contribution in [0.3, 0.4) is 0 Å². The summed E-state index contributed by atoms with van der Waals surface area (Å²) in [5.74, 6) is 0.898. The summed E-state index contributed by atoms with van der Waals surface area (Å²) in [4.78, 5) is 24.3. The number of carbonyl (C=O) groups excluding carboxylic acids is 1. The molecule has 0 bridgehead atoms. The van der Waals surface area contributed by atoms with Crippen LogP contribution in [-0.2, 0) is 0 Å². The maximum absolute atomic E-state index is 14.2. The van der Waals surface area contributed by atoms with Crippen molar-refractivity contribution < 1.29 is 13.9 Å². The van der Waals surface area contributed by atoms with Crippen LogP contribution < -0.4 is 15.0 Å². The molecule has 3 heterocycles. The predicted molar refractivity (Wildman–Crippen MR) is 151 cm³/mol. The quantitative estimate of drug-likeness (QED) is 0.400. The summed E-state index contributed by atoms with van der Waals surface area (Å²) in [5, 5.41) is 11.6. The van der Waals surface area contributed by atoms with Crippen LogP contribution in [0.2, 0.25) is 0 Å². The van der Waals surface area contributed by atoms with E-state index in [4.69, 9.17) is 4.74 Å². The Morgan fingerprint density at radius 2 is 1.97 bits per heavy atom. The van der Waals surface area contributed by atoms with Gasteiger partial charge in [-0.2, -0.15) is 0 Å². The minimum Gasteiger partial charge on any atom is -0.434 e. The van der Waals surface area contributed by atoms with Crippen LogP contribution in [0.1, 0.15) is 64.7 Å². The van der Waals surface area contributed by atoms with Crippen LogP contribution in [0.4, 0.5) is 10.2 Å². The van der Waals surface area contributed by atoms with E-state index < -0.39 is 5.82 Å². The molecule has 0 aliphatic carbocycles. The van der Waals surface area contributed by atoms with Crippen molar-refractivity contribution in [2.45, 2.75) is 66.5 Å². The fourth-order valence-corrected chi connectivity index (χ4v) is 6.09. The number of hydrogen-bond donors (Lipinski definition) is 1. The van der Waals surface area contributed by atoms with Gasteiger partial charge in [0.2, 0.25) is 0 Å². The van der Waals surface area contributed by atoms with Gasteiger partial charge >= 0.3 is 0 Å². The number of benzene rings is 1. The first kappa shape index (κ1) is 29.1. The van der Waals surface area contributed by atoms with E-state index in [2.05, 4.69) is 51.1 Å². The molecule has 1 aromatic carbocycles. The number of likely N-dealkylation sites (tertiary alicyclic amines) is 1. The van der Waals surface area contributed by atoms with Crippen LogP contribution in [-0.4, -0.2) is 88.8 Å². The Labute approximate surface area is 232 Å². The van der Waals surface area contributed by atoms with Gasteiger partial charge in [-0.3, -0.25) is 9.69 Å². The van der Waals surface area contributed by atoms with Crippen molar-refractivity contribution >= 4 is 11.7 Å². The van der Waals surface area contributed by atoms with Gasteiger partial charge in [0.25, 0.3) is 11.8 Å². The number of nitrogens with one attached hydrogen (secondary N) is 1. The zero-order valence-corrected chi connectivity index (χ0v) is 24.3. The minimum atomic E-state index is -0.496. The van der Waals surface area contributed by atoms with Crippen LogP contribution in [0.5, 0.6) is 11.6 Å². The highest BCUT2D eigenvalue weighted by molar-refractivity contribution is 5.97. The van der Waals surface area contributed by atoms with Crippen molar-refractivity contribution in [2.24, 2.45) is 11.3 Å². The lowest BCUT2D eigenvalue weighted by atomic mass is 9.76. The van der Waals surface area contributed by atoms with Gasteiger partial charge in [-0.05, 0) is 70.8 Å². The fourth-order valence-electron chi connectivity index (χ4n) is 6.09. The number of halogens is 1. The smallest absolute Gasteiger partial charge is 0.282 e. The van der Waals surface area contributed by atoms with E-state index in [1.54, 1.807) is 4.90 Å². The standard InChI is InChI=1S/C29H44FN7O2/c1-7-31-13-11-24(20(3)4)36-17-29(18-36)12-14-35(16-29)26-27(34-33-19-32-26)39-25-10-9-22(30)15-23(25)28(38)37(8-2)21(5)6/h9-10,15,19-21,24,31H,7-8,11-14,16-18H2,1-6H3. The average Bonchev–Trinajstić information content (AvgIpc) is 3.33. The van der Waals surface area contributed by atoms with Gasteiger partial charge in [-0.25, -0.2) is 9.37 Å². The molecule has 1 amide bonds. The van der Waals surface area contributed by atoms with E-state index in [1.807, 2.05) is 20.8 Å². The molecule has 4 rings (SSSR count). The van der Waals surface area contributed by atoms with Gasteiger partial charge in [-0.1, -0.05) is 20.8 Å². The second kappa shape index (κ2) is 12.6. The normalized spacial score (nSPS) is 17.6. The number of ether oxygens (including phenoxy) is 1. The highest BCUT2D eigenvalue weighted by Gasteiger charge is 2.50. The summed E-state index contributed by atoms with van der Waals surface area (Å²) in [6, 6.07) is 4.53. The number of hydrogen-bond acceptors (Lipinski definition) is 8. The third-order valence-electron chi connectivity index (χ3n) is 8.10. The second-order valence-electron chi connectivity index (χ2n) is 11.5. The summed E-state index contributed by atoms with van der Waals surface area (Å²) < 4.78 is 20.4. The SMILES string of the molecule is CCNCCC(C(C)C)N1CC2(CCN(c3ncnnc3Oc3ccc(F)cc3C(=O)N(CC)C(C)C)C2)C1. The molecule has 2 fully saturated rings. The highest BCUT2D eigenvalue weighted by Crippen LogP contribution is 2.44. The molecule has 2 aliphatic heterocycles. The van der Waals surface area contributed by atoms with E-state index in [-0.39, 0.29) is 34.6 Å². The summed E-state index contributed by atoms with van der Waals surface area (Å²) in [6.07, 6.45) is 3.65. The van der Waals surface area contributed by atoms with Gasteiger partial charge in [0, 0.05) is 50.2 Å². The molecule has 1 aromatic heterocycles. The fraction of sp³-hybridized carbons (Fsp3) is 0.655. The molecule has 10 heteroatoms. The number of nitrogens with zero attached hydrogens (tertiary/aromatic N) is 6. The lowest BCUT2D eigenvalue weighted by molar-refractivity contribution is -0.0331. The molecule has 0 radical (unpaired) electrons. The molecule has 214 valence electrons. The number of anilines is 1. The third-order valence-corrected chi connectivity index (χ3v) is 8.10. The maximum atomic E-state index is 14.2. The number of aromatic nitrogens is 3. The summed E-state index contributed by atoms with van der Waals surface area (Å²) >= 11 is 0. The van der Waals surface area contributed by atoms with Crippen molar-refractivity contribution in [1.29, 1.82) is 0 Å². The van der Waals surface area contributed by atoms with Crippen LogP contribution >= 0.6 is 0 Å². The van der Waals surface area contributed by atoms with Gasteiger partial charge in [0.05, 0.1) is 5.56 Å². The predicted octanol–water partition coefficient (Wildman–Crippen LogP) is 4.21. The van der Waals surface area contributed by atoms with Gasteiger partial charge < -0.3 is 19.9 Å². The number of carbonyl (C=O) groups is 1. The third kappa shape index (κ3) is 6.49. The highest BCUT2D eigenvalue weighted by atomic mass is 19.1. The van der Waals surface area contributed by atoms with Crippen molar-refractivity contribution in [3.05, 3.63) is 35.9 Å². The van der Waals surface area contributed by atoms with E-state index >= 15 is 0 Å². The van der Waals surface area contributed by atoms with E-state index in [1.165, 1.54) is 24.5 Å². The maximum Gasteiger partial charge on any atom is 0.282 e. The Kier molecular flexibility index (Phi) is 9.38. The Morgan fingerprint density at radius 1 is 1.21 bits per heavy atom. The molecule has 39 heavy (non-hydrogen) atoms. The Bertz CT molecular complexity index is 1120. The average molecular weight is 542 g/mol. The van der Waals surface area contributed by atoms with Crippen molar-refractivity contribution in [1.82, 2.24) is 30.3 Å². The molecule has 2 aromatic rings. The minimum absolute atomic E-state index is 0.0339. The van der Waals surface area contributed by atoms with Gasteiger partial charge in [0.15, 0.2) is 5.82 Å². The molecule has 1 N–H and O–H groups in total. The molecule has 9 nitrogen and oxygen atoms in total. The molecule has 2 saturated heterocycles. The van der Waals surface area contributed by atoms with Crippen LogP contribution in [0.25, 0.3) is 0 Å². The van der Waals surface area contributed by atoms with Crippen molar-refractivity contribution in [2.75, 3.05) is 50.7 Å². The molecular formula is C29H44FN7O2. The zero-order valence-electron chi connectivity index (χ0n) is 24.3. The molecule has 2 aliphatic rings. The topological polar surface area (TPSA) is 86.7 Å². The summed E-state index contributed by atoms with van der Waals surface area (Å²) in [5.41, 5.74) is 0.385. The summed E-state index contributed by atoms with van der Waals surface area (Å²) in [6.45, 7) is 19.0. The Morgan fingerprint density at radius 3 is 2.64 bits per heavy atom. The van der Waals surface area contributed by atoms with E-state index in [0.717, 1.165) is 52.1 Å². The lowest BCUT2D eigenvalue weighted by Gasteiger charge is -2.53. The first-order valence-corrected chi connectivity index (χ1v) is 14.3. The zero-order chi connectivity index (χ0) is 28.2. The summed E-state index contributed by atoms with van der Waals surface area (Å²) in [7, 11) is 0. The molecule has 1 atom stereocenters. The largest absolute Gasteiger partial charge is 0.434 e. The molecule has 1 spiro atoms. The Balaban J connectivity index is 1.49. The van der Waals surface area contributed by atoms with Crippen LogP contribution in [0.15, 0.2) is 24.5 Å². The first-order valence-electron chi connectivity index (χ1n) is 14.3. The van der Waals surface area contributed by atoms with Gasteiger partial charge in [0.1, 0.15) is 17.9 Å². The first-order chi connectivity index (χ1) is 18.7. The number of amides is 1. The molecule has 1 unspecified atom stereocenters. The lowest BCUT2D eigenvalue weighted by Crippen LogP contribution is -2.62. The van der Waals surface area contributed by atoms with Crippen molar-refractivity contribution in [3.8, 4) is 11.6 Å². The van der Waals surface area contributed by atoms with E-state index in [9.17, 15) is 9.18 Å². The van der Waals surface area contributed by atoms with Gasteiger partial charge in [-0.15, -0.1) is 10.2 Å². The molecular weight excluding hydrogens is 497 g/mol. The van der Waals surface area contributed by atoms with Crippen molar-refractivity contribution in [3.63, 3.8) is 0 Å². The Hall–Kier alpha value is -2.85. The second-order valence-corrected chi connectivity index (χ2v) is 11.5. The van der Waals surface area contributed by atoms with E-state index in [0.29, 0.717) is 24.3 Å². The number of rotatable bonds is 12. The monoisotopic (exact) mass is 541 g/mol.